The minimum atomic E-state index is -0.348. The van der Waals surface area contributed by atoms with E-state index in [4.69, 9.17) is 14.2 Å². The van der Waals surface area contributed by atoms with Gasteiger partial charge in [0.15, 0.2) is 11.5 Å². The minimum absolute atomic E-state index is 0.0795. The Kier molecular flexibility index (Phi) is 10.1. The van der Waals surface area contributed by atoms with Gasteiger partial charge in [-0.15, -0.1) is 0 Å². The molecule has 0 saturated carbocycles. The van der Waals surface area contributed by atoms with Crippen LogP contribution in [0.25, 0.3) is 0 Å². The molecule has 0 aliphatic carbocycles. The zero-order chi connectivity index (χ0) is 18.5. The Balaban J connectivity index is 2.28. The number of unbranched alkanes of at least 4 members (excludes halogenated alkanes) is 1. The number of amides is 2. The van der Waals surface area contributed by atoms with Gasteiger partial charge in [-0.3, -0.25) is 9.59 Å². The standard InChI is InChI=1S/C18H28N2O5/c1-4-5-10-25-11-6-9-19-17(21)13-20-18(22)14-7-8-15(23-2)16(12-14)24-3/h7-8,12H,4-6,9-11,13H2,1-3H3,(H,19,21)(H,20,22). The summed E-state index contributed by atoms with van der Waals surface area (Å²) in [5.41, 5.74) is 0.398. The highest BCUT2D eigenvalue weighted by Gasteiger charge is 2.11. The van der Waals surface area contributed by atoms with Crippen molar-refractivity contribution in [2.45, 2.75) is 26.2 Å². The van der Waals surface area contributed by atoms with Gasteiger partial charge in [0.25, 0.3) is 5.91 Å². The summed E-state index contributed by atoms with van der Waals surface area (Å²) in [6.45, 7) is 3.94. The summed E-state index contributed by atoms with van der Waals surface area (Å²) < 4.78 is 15.7. The third-order valence-corrected chi connectivity index (χ3v) is 3.49. The number of carbonyl (C=O) groups is 2. The van der Waals surface area contributed by atoms with Gasteiger partial charge in [0, 0.05) is 25.3 Å². The summed E-state index contributed by atoms with van der Waals surface area (Å²) >= 11 is 0. The van der Waals surface area contributed by atoms with Crippen LogP contribution in [0, 0.1) is 0 Å². The van der Waals surface area contributed by atoms with Gasteiger partial charge in [0.2, 0.25) is 5.91 Å². The first-order chi connectivity index (χ1) is 12.1. The van der Waals surface area contributed by atoms with Gasteiger partial charge < -0.3 is 24.8 Å². The number of carbonyl (C=O) groups excluding carboxylic acids is 2. The minimum Gasteiger partial charge on any atom is -0.493 e. The molecule has 1 aromatic rings. The van der Waals surface area contributed by atoms with Crippen molar-refractivity contribution in [1.29, 1.82) is 0 Å². The van der Waals surface area contributed by atoms with E-state index < -0.39 is 0 Å². The molecule has 0 spiro atoms. The normalized spacial score (nSPS) is 10.2. The molecule has 2 amide bonds. The molecule has 25 heavy (non-hydrogen) atoms. The molecule has 0 bridgehead atoms. The molecule has 0 unspecified atom stereocenters. The van der Waals surface area contributed by atoms with E-state index in [2.05, 4.69) is 17.6 Å². The van der Waals surface area contributed by atoms with Gasteiger partial charge in [0.05, 0.1) is 20.8 Å². The average molecular weight is 352 g/mol. The molecule has 7 nitrogen and oxygen atoms in total. The summed E-state index contributed by atoms with van der Waals surface area (Å²) in [4.78, 5) is 23.8. The lowest BCUT2D eigenvalue weighted by Gasteiger charge is -2.10. The maximum absolute atomic E-state index is 12.1. The van der Waals surface area contributed by atoms with Crippen LogP contribution in [0.2, 0.25) is 0 Å². The fourth-order valence-electron chi connectivity index (χ4n) is 2.05. The zero-order valence-corrected chi connectivity index (χ0v) is 15.2. The van der Waals surface area contributed by atoms with E-state index in [0.29, 0.717) is 30.2 Å². The second-order valence-corrected chi connectivity index (χ2v) is 5.42. The summed E-state index contributed by atoms with van der Waals surface area (Å²) in [5.74, 6) is 0.419. The molecular formula is C18H28N2O5. The summed E-state index contributed by atoms with van der Waals surface area (Å²) in [6, 6.07) is 4.83. The quantitative estimate of drug-likeness (QED) is 0.560. The number of benzene rings is 1. The van der Waals surface area contributed by atoms with Gasteiger partial charge in [-0.05, 0) is 31.0 Å². The van der Waals surface area contributed by atoms with Crippen LogP contribution in [0.3, 0.4) is 0 Å². The van der Waals surface area contributed by atoms with Crippen molar-refractivity contribution >= 4 is 11.8 Å². The van der Waals surface area contributed by atoms with Gasteiger partial charge in [0.1, 0.15) is 0 Å². The molecule has 7 heteroatoms. The number of ether oxygens (including phenoxy) is 3. The summed E-state index contributed by atoms with van der Waals surface area (Å²) in [5, 5.41) is 5.32. The second kappa shape index (κ2) is 12.1. The highest BCUT2D eigenvalue weighted by Crippen LogP contribution is 2.27. The molecular weight excluding hydrogens is 324 g/mol. The number of nitrogens with one attached hydrogen (secondary N) is 2. The average Bonchev–Trinajstić information content (AvgIpc) is 2.64. The molecule has 0 heterocycles. The van der Waals surface area contributed by atoms with Crippen LogP contribution in [0.15, 0.2) is 18.2 Å². The van der Waals surface area contributed by atoms with Gasteiger partial charge >= 0.3 is 0 Å². The lowest BCUT2D eigenvalue weighted by molar-refractivity contribution is -0.120. The Morgan fingerprint density at radius 3 is 2.40 bits per heavy atom. The van der Waals surface area contributed by atoms with Gasteiger partial charge in [-0.25, -0.2) is 0 Å². The number of methoxy groups -OCH3 is 2. The molecule has 2 N–H and O–H groups in total. The van der Waals surface area contributed by atoms with E-state index in [1.54, 1.807) is 18.2 Å². The highest BCUT2D eigenvalue weighted by molar-refractivity contribution is 5.97. The van der Waals surface area contributed by atoms with Crippen LogP contribution in [0.1, 0.15) is 36.5 Å². The Labute approximate surface area is 149 Å². The number of hydrogen-bond donors (Lipinski definition) is 2. The maximum atomic E-state index is 12.1. The van der Waals surface area contributed by atoms with E-state index in [1.807, 2.05) is 0 Å². The molecule has 0 aromatic heterocycles. The third kappa shape index (κ3) is 7.89. The topological polar surface area (TPSA) is 85.9 Å². The largest absolute Gasteiger partial charge is 0.493 e. The molecule has 0 radical (unpaired) electrons. The first-order valence-electron chi connectivity index (χ1n) is 8.47. The second-order valence-electron chi connectivity index (χ2n) is 5.42. The predicted molar refractivity (Wildman–Crippen MR) is 95.2 cm³/mol. The number of rotatable bonds is 12. The van der Waals surface area contributed by atoms with Crippen molar-refractivity contribution in [2.24, 2.45) is 0 Å². The van der Waals surface area contributed by atoms with Gasteiger partial charge in [-0.2, -0.15) is 0 Å². The van der Waals surface area contributed by atoms with Crippen molar-refractivity contribution in [3.05, 3.63) is 23.8 Å². The monoisotopic (exact) mass is 352 g/mol. The number of hydrogen-bond acceptors (Lipinski definition) is 5. The Hall–Kier alpha value is -2.28. The van der Waals surface area contributed by atoms with Crippen LogP contribution in [0.4, 0.5) is 0 Å². The molecule has 1 aromatic carbocycles. The SMILES string of the molecule is CCCCOCCCNC(=O)CNC(=O)c1ccc(OC)c(OC)c1. The van der Waals surface area contributed by atoms with E-state index in [1.165, 1.54) is 14.2 Å². The smallest absolute Gasteiger partial charge is 0.251 e. The van der Waals surface area contributed by atoms with Crippen molar-refractivity contribution < 1.29 is 23.8 Å². The molecule has 0 saturated heterocycles. The Morgan fingerprint density at radius 1 is 1.00 bits per heavy atom. The molecule has 0 fully saturated rings. The van der Waals surface area contributed by atoms with Crippen molar-refractivity contribution in [3.63, 3.8) is 0 Å². The first-order valence-corrected chi connectivity index (χ1v) is 8.47. The Morgan fingerprint density at radius 2 is 1.72 bits per heavy atom. The lowest BCUT2D eigenvalue weighted by Crippen LogP contribution is -2.37. The summed E-state index contributed by atoms with van der Waals surface area (Å²) in [7, 11) is 3.02. The fraction of sp³-hybridized carbons (Fsp3) is 0.556. The highest BCUT2D eigenvalue weighted by atomic mass is 16.5. The first kappa shape index (κ1) is 20.8. The lowest BCUT2D eigenvalue weighted by atomic mass is 10.2. The summed E-state index contributed by atoms with van der Waals surface area (Å²) in [6.07, 6.45) is 2.91. The fourth-order valence-corrected chi connectivity index (χ4v) is 2.05. The van der Waals surface area contributed by atoms with Crippen LogP contribution in [-0.2, 0) is 9.53 Å². The third-order valence-electron chi connectivity index (χ3n) is 3.49. The van der Waals surface area contributed by atoms with Crippen LogP contribution in [0.5, 0.6) is 11.5 Å². The van der Waals surface area contributed by atoms with Crippen LogP contribution < -0.4 is 20.1 Å². The molecule has 0 atom stereocenters. The predicted octanol–water partition coefficient (Wildman–Crippen LogP) is 1.76. The van der Waals surface area contributed by atoms with E-state index in [0.717, 1.165) is 25.9 Å². The van der Waals surface area contributed by atoms with E-state index in [-0.39, 0.29) is 18.4 Å². The van der Waals surface area contributed by atoms with E-state index in [9.17, 15) is 9.59 Å². The van der Waals surface area contributed by atoms with Crippen LogP contribution >= 0.6 is 0 Å². The van der Waals surface area contributed by atoms with E-state index >= 15 is 0 Å². The van der Waals surface area contributed by atoms with Crippen molar-refractivity contribution in [1.82, 2.24) is 10.6 Å². The molecule has 140 valence electrons. The Bertz CT molecular complexity index is 548. The zero-order valence-electron chi connectivity index (χ0n) is 15.2. The maximum Gasteiger partial charge on any atom is 0.251 e. The van der Waals surface area contributed by atoms with Crippen molar-refractivity contribution in [3.8, 4) is 11.5 Å². The molecule has 0 aliphatic rings. The molecule has 1 rings (SSSR count). The van der Waals surface area contributed by atoms with Crippen LogP contribution in [-0.4, -0.2) is 52.3 Å². The van der Waals surface area contributed by atoms with Gasteiger partial charge in [-0.1, -0.05) is 13.3 Å². The molecule has 0 aliphatic heterocycles. The van der Waals surface area contributed by atoms with Crippen molar-refractivity contribution in [2.75, 3.05) is 40.5 Å².